The summed E-state index contributed by atoms with van der Waals surface area (Å²) in [6.45, 7) is 0.460. The quantitative estimate of drug-likeness (QED) is 0.587. The molecule has 2 rings (SSSR count). The Kier molecular flexibility index (Phi) is 3.00. The molecule has 0 aromatic carbocycles. The second kappa shape index (κ2) is 4.44. The van der Waals surface area contributed by atoms with Crippen LogP contribution in [0, 0.1) is 0 Å². The van der Waals surface area contributed by atoms with Gasteiger partial charge in [0.1, 0.15) is 16.8 Å². The zero-order valence-electron chi connectivity index (χ0n) is 8.47. The molecule has 3 N–H and O–H groups in total. The van der Waals surface area contributed by atoms with Crippen LogP contribution in [-0.2, 0) is 9.53 Å². The molecule has 5 nitrogen and oxygen atoms in total. The minimum atomic E-state index is -0.303. The lowest BCUT2D eigenvalue weighted by atomic mass is 10.2. The Balaban J connectivity index is 2.05. The molecule has 84 valence electrons. The van der Waals surface area contributed by atoms with E-state index in [0.717, 1.165) is 0 Å². The van der Waals surface area contributed by atoms with Gasteiger partial charge in [-0.25, -0.2) is 9.78 Å². The predicted molar refractivity (Wildman–Crippen MR) is 63.1 cm³/mol. The Morgan fingerprint density at radius 3 is 2.94 bits per heavy atom. The lowest BCUT2D eigenvalue weighted by molar-refractivity contribution is -0.138. The maximum atomic E-state index is 11.2. The van der Waals surface area contributed by atoms with Gasteiger partial charge in [-0.1, -0.05) is 12.2 Å². The van der Waals surface area contributed by atoms with Crippen molar-refractivity contribution in [3.63, 3.8) is 0 Å². The fraction of sp³-hybridized carbons (Fsp3) is 0.300. The monoisotopic (exact) mass is 237 g/mol. The lowest BCUT2D eigenvalue weighted by Gasteiger charge is -2.09. The second-order valence-electron chi connectivity index (χ2n) is 3.45. The van der Waals surface area contributed by atoms with Crippen LogP contribution in [0.4, 0.5) is 5.82 Å². The molecule has 1 atom stereocenters. The Bertz CT molecular complexity index is 419. The van der Waals surface area contributed by atoms with E-state index >= 15 is 0 Å². The molecule has 1 aromatic rings. The van der Waals surface area contributed by atoms with E-state index in [2.05, 4.69) is 10.3 Å². The Morgan fingerprint density at radius 2 is 2.44 bits per heavy atom. The molecule has 0 bridgehead atoms. The van der Waals surface area contributed by atoms with E-state index < -0.39 is 0 Å². The van der Waals surface area contributed by atoms with Gasteiger partial charge in [-0.05, 0) is 12.1 Å². The van der Waals surface area contributed by atoms with E-state index in [1.807, 2.05) is 0 Å². The van der Waals surface area contributed by atoms with Crippen LogP contribution in [0.25, 0.3) is 0 Å². The number of ether oxygens (including phenoxy) is 1. The number of nitrogens with zero attached hydrogens (tertiary/aromatic N) is 1. The maximum absolute atomic E-state index is 11.2. The van der Waals surface area contributed by atoms with Crippen LogP contribution >= 0.6 is 12.2 Å². The van der Waals surface area contributed by atoms with Crippen LogP contribution in [0.3, 0.4) is 0 Å². The number of carbonyl (C=O) groups excluding carboxylic acids is 1. The van der Waals surface area contributed by atoms with Gasteiger partial charge >= 0.3 is 5.97 Å². The number of thiocarbonyl (C=S) groups is 1. The average Bonchev–Trinajstić information content (AvgIpc) is 2.65. The molecule has 1 saturated heterocycles. The summed E-state index contributed by atoms with van der Waals surface area (Å²) in [4.78, 5) is 15.6. The van der Waals surface area contributed by atoms with Crippen molar-refractivity contribution in [3.05, 3.63) is 23.9 Å². The molecule has 2 heterocycles. The third kappa shape index (κ3) is 2.27. The van der Waals surface area contributed by atoms with Gasteiger partial charge in [-0.2, -0.15) is 0 Å². The predicted octanol–water partition coefficient (Wildman–Crippen LogP) is 0.443. The van der Waals surface area contributed by atoms with E-state index in [1.54, 1.807) is 18.3 Å². The van der Waals surface area contributed by atoms with Gasteiger partial charge in [0.2, 0.25) is 0 Å². The summed E-state index contributed by atoms with van der Waals surface area (Å²) in [7, 11) is 0. The van der Waals surface area contributed by atoms with E-state index in [9.17, 15) is 4.79 Å². The topological polar surface area (TPSA) is 77.2 Å². The first-order chi connectivity index (χ1) is 7.66. The number of esters is 1. The fourth-order valence-electron chi connectivity index (χ4n) is 1.43. The third-order valence-electron chi connectivity index (χ3n) is 2.31. The molecule has 1 aliphatic rings. The van der Waals surface area contributed by atoms with E-state index in [-0.39, 0.29) is 12.0 Å². The largest absolute Gasteiger partial charge is 0.464 e. The molecule has 1 unspecified atom stereocenters. The van der Waals surface area contributed by atoms with Crippen molar-refractivity contribution in [3.8, 4) is 0 Å². The second-order valence-corrected chi connectivity index (χ2v) is 3.89. The van der Waals surface area contributed by atoms with Crippen LogP contribution in [0.5, 0.6) is 0 Å². The summed E-state index contributed by atoms with van der Waals surface area (Å²) in [6, 6.07) is 3.20. The summed E-state index contributed by atoms with van der Waals surface area (Å²) in [5.74, 6) is 0.379. The van der Waals surface area contributed by atoms with Gasteiger partial charge in [0.15, 0.2) is 0 Å². The number of carbonyl (C=O) groups is 1. The third-order valence-corrected chi connectivity index (χ3v) is 2.54. The fourth-order valence-corrected chi connectivity index (χ4v) is 1.55. The average molecular weight is 237 g/mol. The summed E-state index contributed by atoms with van der Waals surface area (Å²) in [6.07, 6.45) is 2.24. The van der Waals surface area contributed by atoms with Gasteiger partial charge in [-0.3, -0.25) is 0 Å². The van der Waals surface area contributed by atoms with Crippen molar-refractivity contribution in [1.29, 1.82) is 0 Å². The number of rotatable bonds is 3. The molecular formula is C10H11N3O2S. The van der Waals surface area contributed by atoms with Crippen LogP contribution in [0.15, 0.2) is 18.3 Å². The number of nitrogens with two attached hydrogens (primary N) is 1. The first kappa shape index (κ1) is 10.8. The zero-order chi connectivity index (χ0) is 11.5. The molecule has 1 fully saturated rings. The molecule has 0 aliphatic carbocycles. The van der Waals surface area contributed by atoms with Crippen molar-refractivity contribution in [2.45, 2.75) is 12.5 Å². The number of anilines is 1. The minimum Gasteiger partial charge on any atom is -0.464 e. The summed E-state index contributed by atoms with van der Waals surface area (Å²) >= 11 is 4.81. The molecule has 6 heteroatoms. The maximum Gasteiger partial charge on any atom is 0.328 e. The van der Waals surface area contributed by atoms with Gasteiger partial charge < -0.3 is 15.8 Å². The van der Waals surface area contributed by atoms with Gasteiger partial charge in [-0.15, -0.1) is 0 Å². The smallest absolute Gasteiger partial charge is 0.328 e. The van der Waals surface area contributed by atoms with Crippen LogP contribution < -0.4 is 11.1 Å². The molecule has 16 heavy (non-hydrogen) atoms. The van der Waals surface area contributed by atoms with E-state index in [4.69, 9.17) is 22.7 Å². The Morgan fingerprint density at radius 1 is 1.62 bits per heavy atom. The number of pyridine rings is 1. The van der Waals surface area contributed by atoms with Gasteiger partial charge in [0, 0.05) is 18.2 Å². The number of cyclic esters (lactones) is 1. The highest BCUT2D eigenvalue weighted by molar-refractivity contribution is 7.80. The molecule has 0 amide bonds. The van der Waals surface area contributed by atoms with Gasteiger partial charge in [0.05, 0.1) is 6.61 Å². The standard InChI is InChI=1S/C10H11N3O2S/c11-9(16)6-1-2-8(12-5-6)13-7-3-4-15-10(7)14/h1-2,5,7H,3-4H2,(H2,11,16)(H,12,13). The Hall–Kier alpha value is -1.69. The SMILES string of the molecule is NC(=S)c1ccc(NC2CCOC2=O)nc1. The summed E-state index contributed by atoms with van der Waals surface area (Å²) in [5, 5.41) is 2.99. The highest BCUT2D eigenvalue weighted by Gasteiger charge is 2.26. The van der Waals surface area contributed by atoms with Crippen molar-refractivity contribution in [1.82, 2.24) is 4.98 Å². The zero-order valence-corrected chi connectivity index (χ0v) is 9.29. The van der Waals surface area contributed by atoms with E-state index in [1.165, 1.54) is 0 Å². The molecule has 0 saturated carbocycles. The first-order valence-electron chi connectivity index (χ1n) is 4.86. The molecular weight excluding hydrogens is 226 g/mol. The number of hydrogen-bond acceptors (Lipinski definition) is 5. The number of hydrogen-bond donors (Lipinski definition) is 2. The Labute approximate surface area is 98.0 Å². The molecule has 0 radical (unpaired) electrons. The normalized spacial score (nSPS) is 19.2. The van der Waals surface area contributed by atoms with Crippen molar-refractivity contribution in [2.75, 3.05) is 11.9 Å². The van der Waals surface area contributed by atoms with Crippen LogP contribution in [-0.4, -0.2) is 28.6 Å². The van der Waals surface area contributed by atoms with Crippen LogP contribution in [0.1, 0.15) is 12.0 Å². The van der Waals surface area contributed by atoms with Crippen molar-refractivity contribution < 1.29 is 9.53 Å². The molecule has 0 spiro atoms. The first-order valence-corrected chi connectivity index (χ1v) is 5.26. The highest BCUT2D eigenvalue weighted by Crippen LogP contribution is 2.13. The molecule has 1 aliphatic heterocycles. The lowest BCUT2D eigenvalue weighted by Crippen LogP contribution is -2.24. The minimum absolute atomic E-state index is 0.236. The van der Waals surface area contributed by atoms with Crippen molar-refractivity contribution in [2.24, 2.45) is 5.73 Å². The van der Waals surface area contributed by atoms with E-state index in [0.29, 0.717) is 29.4 Å². The summed E-state index contributed by atoms with van der Waals surface area (Å²) in [5.41, 5.74) is 6.15. The summed E-state index contributed by atoms with van der Waals surface area (Å²) < 4.78 is 4.83. The number of nitrogens with one attached hydrogen (secondary N) is 1. The van der Waals surface area contributed by atoms with Crippen LogP contribution in [0.2, 0.25) is 0 Å². The molecule has 1 aromatic heterocycles. The van der Waals surface area contributed by atoms with Gasteiger partial charge in [0.25, 0.3) is 0 Å². The van der Waals surface area contributed by atoms with Crippen molar-refractivity contribution >= 4 is 29.0 Å². The number of aromatic nitrogens is 1. The highest BCUT2D eigenvalue weighted by atomic mass is 32.1.